The Morgan fingerprint density at radius 2 is 1.86 bits per heavy atom. The van der Waals surface area contributed by atoms with E-state index in [0.29, 0.717) is 0 Å². The van der Waals surface area contributed by atoms with E-state index >= 15 is 0 Å². The van der Waals surface area contributed by atoms with Crippen LogP contribution in [0, 0.1) is 0 Å². The molecule has 0 aliphatic carbocycles. The fourth-order valence-electron chi connectivity index (χ4n) is 2.94. The molecule has 0 aromatic carbocycles. The zero-order valence-corrected chi connectivity index (χ0v) is 15.7. The monoisotopic (exact) mass is 328 g/mol. The Bertz CT molecular complexity index is 296. The summed E-state index contributed by atoms with van der Waals surface area (Å²) in [6.45, 7) is 6.97. The fraction of sp³-hybridized carbons (Fsp3) is 0.941. The number of thioether (sulfide) groups is 1. The van der Waals surface area contributed by atoms with Crippen molar-refractivity contribution in [3.05, 3.63) is 0 Å². The van der Waals surface area contributed by atoms with Gasteiger partial charge in [-0.3, -0.25) is 4.99 Å². The predicted molar refractivity (Wildman–Crippen MR) is 101 cm³/mol. The summed E-state index contributed by atoms with van der Waals surface area (Å²) in [4.78, 5) is 6.94. The van der Waals surface area contributed by atoms with E-state index in [4.69, 9.17) is 0 Å². The normalized spacial score (nSPS) is 20.1. The standard InChI is InChI=1S/C17H36N4S/c1-16-10-4-7-13-21(16)14-8-5-11-19-17(18-2)20-12-6-9-15-22-3/h16H,4-15H2,1-3H3,(H2,18,19,20). The van der Waals surface area contributed by atoms with Crippen LogP contribution in [0.1, 0.15) is 51.9 Å². The van der Waals surface area contributed by atoms with Gasteiger partial charge in [0.2, 0.25) is 0 Å². The number of nitrogens with zero attached hydrogens (tertiary/aromatic N) is 2. The number of likely N-dealkylation sites (tertiary alicyclic amines) is 1. The van der Waals surface area contributed by atoms with Crippen molar-refractivity contribution in [1.82, 2.24) is 15.5 Å². The molecule has 1 unspecified atom stereocenters. The van der Waals surface area contributed by atoms with Crippen LogP contribution < -0.4 is 10.6 Å². The molecule has 0 bridgehead atoms. The molecule has 2 N–H and O–H groups in total. The minimum absolute atomic E-state index is 0.789. The van der Waals surface area contributed by atoms with Crippen molar-refractivity contribution in [1.29, 1.82) is 0 Å². The van der Waals surface area contributed by atoms with Crippen LogP contribution in [0.2, 0.25) is 0 Å². The summed E-state index contributed by atoms with van der Waals surface area (Å²) in [5.41, 5.74) is 0. The van der Waals surface area contributed by atoms with Crippen LogP contribution in [0.25, 0.3) is 0 Å². The molecule has 1 saturated heterocycles. The molecule has 1 aliphatic rings. The van der Waals surface area contributed by atoms with Crippen LogP contribution in [0.3, 0.4) is 0 Å². The maximum absolute atomic E-state index is 4.28. The third-order valence-electron chi connectivity index (χ3n) is 4.40. The molecule has 0 radical (unpaired) electrons. The maximum Gasteiger partial charge on any atom is 0.190 e. The predicted octanol–water partition coefficient (Wildman–Crippen LogP) is 2.95. The van der Waals surface area contributed by atoms with E-state index in [2.05, 4.69) is 33.7 Å². The molecule has 4 nitrogen and oxygen atoms in total. The van der Waals surface area contributed by atoms with Gasteiger partial charge in [0.25, 0.3) is 0 Å². The Morgan fingerprint density at radius 3 is 2.50 bits per heavy atom. The summed E-state index contributed by atoms with van der Waals surface area (Å²) in [7, 11) is 1.85. The molecule has 1 heterocycles. The smallest absolute Gasteiger partial charge is 0.190 e. The summed E-state index contributed by atoms with van der Waals surface area (Å²) in [5.74, 6) is 2.21. The van der Waals surface area contributed by atoms with Crippen LogP contribution in [0.5, 0.6) is 0 Å². The first-order chi connectivity index (χ1) is 10.8. The number of hydrogen-bond acceptors (Lipinski definition) is 3. The lowest BCUT2D eigenvalue weighted by Gasteiger charge is -2.33. The highest BCUT2D eigenvalue weighted by molar-refractivity contribution is 7.98. The van der Waals surface area contributed by atoms with Gasteiger partial charge >= 0.3 is 0 Å². The maximum atomic E-state index is 4.28. The van der Waals surface area contributed by atoms with Gasteiger partial charge in [-0.2, -0.15) is 11.8 Å². The molecule has 22 heavy (non-hydrogen) atoms. The zero-order chi connectivity index (χ0) is 16.0. The highest BCUT2D eigenvalue weighted by Gasteiger charge is 2.16. The van der Waals surface area contributed by atoms with Crippen molar-refractivity contribution in [3.63, 3.8) is 0 Å². The highest BCUT2D eigenvalue weighted by atomic mass is 32.2. The average molecular weight is 329 g/mol. The van der Waals surface area contributed by atoms with E-state index < -0.39 is 0 Å². The molecular weight excluding hydrogens is 292 g/mol. The summed E-state index contributed by atoms with van der Waals surface area (Å²) in [6, 6.07) is 0.789. The Morgan fingerprint density at radius 1 is 1.14 bits per heavy atom. The number of rotatable bonds is 10. The van der Waals surface area contributed by atoms with Gasteiger partial charge in [-0.1, -0.05) is 6.42 Å². The van der Waals surface area contributed by atoms with Gasteiger partial charge in [-0.15, -0.1) is 0 Å². The van der Waals surface area contributed by atoms with E-state index in [-0.39, 0.29) is 0 Å². The van der Waals surface area contributed by atoms with E-state index in [1.165, 1.54) is 63.8 Å². The topological polar surface area (TPSA) is 39.7 Å². The molecule has 0 saturated carbocycles. The van der Waals surface area contributed by atoms with Crippen LogP contribution >= 0.6 is 11.8 Å². The third-order valence-corrected chi connectivity index (χ3v) is 5.09. The summed E-state index contributed by atoms with van der Waals surface area (Å²) < 4.78 is 0. The van der Waals surface area contributed by atoms with Crippen molar-refractivity contribution in [2.24, 2.45) is 4.99 Å². The molecule has 1 atom stereocenters. The van der Waals surface area contributed by atoms with Gasteiger partial charge in [0.05, 0.1) is 0 Å². The molecule has 130 valence electrons. The van der Waals surface area contributed by atoms with Gasteiger partial charge in [0, 0.05) is 26.2 Å². The van der Waals surface area contributed by atoms with Crippen molar-refractivity contribution < 1.29 is 0 Å². The molecule has 0 amide bonds. The van der Waals surface area contributed by atoms with E-state index in [1.807, 2.05) is 18.8 Å². The Balaban J connectivity index is 1.99. The largest absolute Gasteiger partial charge is 0.356 e. The van der Waals surface area contributed by atoms with E-state index in [0.717, 1.165) is 25.1 Å². The molecule has 5 heteroatoms. The lowest BCUT2D eigenvalue weighted by Crippen LogP contribution is -2.39. The minimum Gasteiger partial charge on any atom is -0.356 e. The number of aliphatic imine (C=N–C) groups is 1. The lowest BCUT2D eigenvalue weighted by atomic mass is 10.0. The Hall–Kier alpha value is -0.420. The summed E-state index contributed by atoms with van der Waals surface area (Å²) in [6.07, 6.45) is 11.3. The summed E-state index contributed by atoms with van der Waals surface area (Å²) >= 11 is 1.92. The molecule has 0 spiro atoms. The summed E-state index contributed by atoms with van der Waals surface area (Å²) in [5, 5.41) is 6.82. The van der Waals surface area contributed by atoms with Gasteiger partial charge in [-0.25, -0.2) is 0 Å². The van der Waals surface area contributed by atoms with Gasteiger partial charge in [0.15, 0.2) is 5.96 Å². The molecule has 1 fully saturated rings. The fourth-order valence-corrected chi connectivity index (χ4v) is 3.43. The van der Waals surface area contributed by atoms with Crippen molar-refractivity contribution in [2.75, 3.05) is 45.2 Å². The lowest BCUT2D eigenvalue weighted by molar-refractivity contribution is 0.158. The molecule has 0 aromatic heterocycles. The van der Waals surface area contributed by atoms with Crippen LogP contribution in [-0.4, -0.2) is 62.1 Å². The van der Waals surface area contributed by atoms with Crippen LogP contribution in [-0.2, 0) is 0 Å². The van der Waals surface area contributed by atoms with Crippen LogP contribution in [0.15, 0.2) is 4.99 Å². The molecule has 1 rings (SSSR count). The second-order valence-corrected chi connectivity index (χ2v) is 7.20. The number of nitrogens with one attached hydrogen (secondary N) is 2. The van der Waals surface area contributed by atoms with Crippen LogP contribution in [0.4, 0.5) is 0 Å². The second-order valence-electron chi connectivity index (χ2n) is 6.21. The third kappa shape index (κ3) is 8.89. The number of hydrogen-bond donors (Lipinski definition) is 2. The quantitative estimate of drug-likeness (QED) is 0.367. The van der Waals surface area contributed by atoms with E-state index in [1.54, 1.807) is 0 Å². The van der Waals surface area contributed by atoms with E-state index in [9.17, 15) is 0 Å². The molecular formula is C17H36N4S. The zero-order valence-electron chi connectivity index (χ0n) is 14.9. The average Bonchev–Trinajstić information content (AvgIpc) is 2.54. The number of guanidine groups is 1. The van der Waals surface area contributed by atoms with Gasteiger partial charge in [0.1, 0.15) is 0 Å². The van der Waals surface area contributed by atoms with Crippen molar-refractivity contribution >= 4 is 17.7 Å². The first-order valence-electron chi connectivity index (χ1n) is 8.95. The first-order valence-corrected chi connectivity index (χ1v) is 10.3. The molecule has 1 aliphatic heterocycles. The minimum atomic E-state index is 0.789. The first kappa shape index (κ1) is 19.6. The number of piperidine rings is 1. The Kier molecular flexibility index (Phi) is 11.6. The highest BCUT2D eigenvalue weighted by Crippen LogP contribution is 2.16. The Labute approximate surface area is 141 Å². The van der Waals surface area contributed by atoms with Gasteiger partial charge < -0.3 is 15.5 Å². The number of unbranched alkanes of at least 4 members (excludes halogenated alkanes) is 2. The van der Waals surface area contributed by atoms with Crippen molar-refractivity contribution in [2.45, 2.75) is 57.9 Å². The second kappa shape index (κ2) is 13.1. The van der Waals surface area contributed by atoms with Gasteiger partial charge in [-0.05, 0) is 70.5 Å². The van der Waals surface area contributed by atoms with Crippen molar-refractivity contribution in [3.8, 4) is 0 Å². The SMILES string of the molecule is CN=C(NCCCCSC)NCCCCN1CCCCC1C. The molecule has 0 aromatic rings.